The van der Waals surface area contributed by atoms with Gasteiger partial charge in [0.05, 0.1) is 18.7 Å². The van der Waals surface area contributed by atoms with Crippen molar-refractivity contribution in [1.82, 2.24) is 0 Å². The van der Waals surface area contributed by atoms with Crippen molar-refractivity contribution in [3.8, 4) is 11.8 Å². The van der Waals surface area contributed by atoms with Crippen LogP contribution < -0.4 is 4.74 Å². The molecule has 0 saturated heterocycles. The molecule has 0 radical (unpaired) electrons. The lowest BCUT2D eigenvalue weighted by molar-refractivity contribution is 0.403. The lowest BCUT2D eigenvalue weighted by Gasteiger charge is -2.05. The summed E-state index contributed by atoms with van der Waals surface area (Å²) in [5, 5.41) is 8.61. The summed E-state index contributed by atoms with van der Waals surface area (Å²) < 4.78 is 27.5. The van der Waals surface area contributed by atoms with Crippen molar-refractivity contribution in [2.24, 2.45) is 0 Å². The Morgan fingerprint density at radius 3 is 2.50 bits per heavy atom. The van der Waals surface area contributed by atoms with Crippen molar-refractivity contribution in [2.75, 3.05) is 13.4 Å². The number of ether oxygens (including phenoxy) is 1. The third-order valence-corrected chi connectivity index (χ3v) is 2.81. The van der Waals surface area contributed by atoms with Crippen molar-refractivity contribution in [3.63, 3.8) is 0 Å². The van der Waals surface area contributed by atoms with E-state index in [1.165, 1.54) is 25.3 Å². The van der Waals surface area contributed by atoms with Crippen LogP contribution in [0.25, 0.3) is 0 Å². The Morgan fingerprint density at radius 2 is 2.07 bits per heavy atom. The summed E-state index contributed by atoms with van der Waals surface area (Å²) >= 11 is 0. The van der Waals surface area contributed by atoms with E-state index in [-0.39, 0.29) is 10.6 Å². The number of rotatable bonds is 2. The van der Waals surface area contributed by atoms with Gasteiger partial charge in [-0.3, -0.25) is 0 Å². The van der Waals surface area contributed by atoms with Crippen molar-refractivity contribution in [3.05, 3.63) is 23.8 Å². The first kappa shape index (κ1) is 10.5. The highest BCUT2D eigenvalue weighted by Gasteiger charge is 2.14. The summed E-state index contributed by atoms with van der Waals surface area (Å²) in [4.78, 5) is 0.0408. The first-order chi connectivity index (χ1) is 6.49. The summed E-state index contributed by atoms with van der Waals surface area (Å²) in [5.74, 6) is 0.256. The Hall–Kier alpha value is -1.54. The molecule has 5 heteroatoms. The molecule has 0 saturated carbocycles. The van der Waals surface area contributed by atoms with Gasteiger partial charge in [-0.2, -0.15) is 5.26 Å². The molecule has 1 rings (SSSR count). The summed E-state index contributed by atoms with van der Waals surface area (Å²) in [6.45, 7) is 0. The third-order valence-electron chi connectivity index (χ3n) is 1.69. The van der Waals surface area contributed by atoms with Crippen molar-refractivity contribution in [1.29, 1.82) is 5.26 Å². The van der Waals surface area contributed by atoms with Crippen LogP contribution >= 0.6 is 0 Å². The van der Waals surface area contributed by atoms with Crippen molar-refractivity contribution in [2.45, 2.75) is 4.90 Å². The topological polar surface area (TPSA) is 67.2 Å². The van der Waals surface area contributed by atoms with Crippen LogP contribution in [0.4, 0.5) is 0 Å². The highest BCUT2D eigenvalue weighted by Crippen LogP contribution is 2.24. The van der Waals surface area contributed by atoms with Crippen LogP contribution in [0.1, 0.15) is 5.56 Å². The van der Waals surface area contributed by atoms with E-state index in [1.54, 1.807) is 0 Å². The first-order valence-corrected chi connectivity index (χ1v) is 5.66. The minimum absolute atomic E-state index is 0.0408. The molecule has 1 aromatic carbocycles. The van der Waals surface area contributed by atoms with Crippen LogP contribution in [-0.4, -0.2) is 21.8 Å². The van der Waals surface area contributed by atoms with E-state index in [9.17, 15) is 8.42 Å². The monoisotopic (exact) mass is 211 g/mol. The van der Waals surface area contributed by atoms with Crippen LogP contribution in [0, 0.1) is 11.3 Å². The highest BCUT2D eigenvalue weighted by molar-refractivity contribution is 7.90. The maximum Gasteiger partial charge on any atom is 0.179 e. The van der Waals surface area contributed by atoms with E-state index in [0.717, 1.165) is 6.26 Å². The Morgan fingerprint density at radius 1 is 1.43 bits per heavy atom. The minimum atomic E-state index is -3.35. The lowest BCUT2D eigenvalue weighted by atomic mass is 10.2. The molecule has 0 spiro atoms. The Bertz CT molecular complexity index is 485. The van der Waals surface area contributed by atoms with Crippen LogP contribution in [0.3, 0.4) is 0 Å². The Kier molecular flexibility index (Phi) is 2.77. The number of nitriles is 1. The number of hydrogen-bond acceptors (Lipinski definition) is 4. The number of benzene rings is 1. The normalized spacial score (nSPS) is 10.6. The quantitative estimate of drug-likeness (QED) is 0.731. The number of methoxy groups -OCH3 is 1. The molecule has 0 aromatic heterocycles. The SMILES string of the molecule is COc1ccc(C#N)cc1S(C)(=O)=O. The van der Waals surface area contributed by atoms with Crippen LogP contribution in [0.5, 0.6) is 5.75 Å². The van der Waals surface area contributed by atoms with Gasteiger partial charge in [0, 0.05) is 6.26 Å². The molecule has 0 N–H and O–H groups in total. The molecule has 1 aromatic rings. The van der Waals surface area contributed by atoms with E-state index in [2.05, 4.69) is 0 Å². The van der Waals surface area contributed by atoms with E-state index in [0.29, 0.717) is 5.56 Å². The van der Waals surface area contributed by atoms with Gasteiger partial charge >= 0.3 is 0 Å². The first-order valence-electron chi connectivity index (χ1n) is 3.77. The minimum Gasteiger partial charge on any atom is -0.495 e. The lowest BCUT2D eigenvalue weighted by Crippen LogP contribution is -2.01. The number of sulfone groups is 1. The predicted molar refractivity (Wildman–Crippen MR) is 50.8 cm³/mol. The highest BCUT2D eigenvalue weighted by atomic mass is 32.2. The summed E-state index contributed by atoms with van der Waals surface area (Å²) in [7, 11) is -1.97. The molecule has 0 amide bonds. The molecule has 14 heavy (non-hydrogen) atoms. The van der Waals surface area contributed by atoms with E-state index in [1.807, 2.05) is 6.07 Å². The standard InChI is InChI=1S/C9H9NO3S/c1-13-8-4-3-7(6-10)5-9(8)14(2,11)12/h3-5H,1-2H3. The van der Waals surface area contributed by atoms with Gasteiger partial charge in [0.2, 0.25) is 0 Å². The van der Waals surface area contributed by atoms with Gasteiger partial charge in [0.15, 0.2) is 9.84 Å². The smallest absolute Gasteiger partial charge is 0.179 e. The molecule has 0 fully saturated rings. The second-order valence-electron chi connectivity index (χ2n) is 2.75. The van der Waals surface area contributed by atoms with E-state index < -0.39 is 9.84 Å². The van der Waals surface area contributed by atoms with E-state index >= 15 is 0 Å². The average Bonchev–Trinajstić information content (AvgIpc) is 2.15. The molecule has 0 heterocycles. The molecule has 0 bridgehead atoms. The maximum absolute atomic E-state index is 11.3. The molecule has 4 nitrogen and oxygen atoms in total. The summed E-state index contributed by atoms with van der Waals surface area (Å²) in [6.07, 6.45) is 1.08. The van der Waals surface area contributed by atoms with Gasteiger partial charge in [-0.25, -0.2) is 8.42 Å². The van der Waals surface area contributed by atoms with Crippen LogP contribution in [-0.2, 0) is 9.84 Å². The molecule has 0 atom stereocenters. The molecule has 0 aliphatic rings. The fraction of sp³-hybridized carbons (Fsp3) is 0.222. The van der Waals surface area contributed by atoms with Gasteiger partial charge in [-0.05, 0) is 18.2 Å². The zero-order valence-electron chi connectivity index (χ0n) is 7.81. The summed E-state index contributed by atoms with van der Waals surface area (Å²) in [5.41, 5.74) is 0.297. The fourth-order valence-corrected chi connectivity index (χ4v) is 1.89. The van der Waals surface area contributed by atoms with Gasteiger partial charge in [-0.1, -0.05) is 0 Å². The van der Waals surface area contributed by atoms with Gasteiger partial charge in [0.25, 0.3) is 0 Å². The van der Waals surface area contributed by atoms with E-state index in [4.69, 9.17) is 10.00 Å². The van der Waals surface area contributed by atoms with Gasteiger partial charge < -0.3 is 4.74 Å². The molecular weight excluding hydrogens is 202 g/mol. The summed E-state index contributed by atoms with van der Waals surface area (Å²) in [6, 6.07) is 6.15. The Labute approximate surface area is 82.7 Å². The van der Waals surface area contributed by atoms with Gasteiger partial charge in [-0.15, -0.1) is 0 Å². The number of nitrogens with zero attached hydrogens (tertiary/aromatic N) is 1. The average molecular weight is 211 g/mol. The van der Waals surface area contributed by atoms with Crippen molar-refractivity contribution >= 4 is 9.84 Å². The Balaban J connectivity index is 3.47. The fourth-order valence-electron chi connectivity index (χ4n) is 1.04. The second-order valence-corrected chi connectivity index (χ2v) is 4.73. The predicted octanol–water partition coefficient (Wildman–Crippen LogP) is 0.970. The van der Waals surface area contributed by atoms with Crippen LogP contribution in [0.2, 0.25) is 0 Å². The zero-order chi connectivity index (χ0) is 10.8. The maximum atomic E-state index is 11.3. The molecule has 0 unspecified atom stereocenters. The number of hydrogen-bond donors (Lipinski definition) is 0. The molecular formula is C9H9NO3S. The third kappa shape index (κ3) is 2.03. The largest absolute Gasteiger partial charge is 0.495 e. The van der Waals surface area contributed by atoms with Crippen LogP contribution in [0.15, 0.2) is 23.1 Å². The molecule has 74 valence electrons. The zero-order valence-corrected chi connectivity index (χ0v) is 8.63. The molecule has 0 aliphatic heterocycles. The van der Waals surface area contributed by atoms with Gasteiger partial charge in [0.1, 0.15) is 10.6 Å². The second kappa shape index (κ2) is 3.68. The molecule has 0 aliphatic carbocycles. The van der Waals surface area contributed by atoms with Crippen molar-refractivity contribution < 1.29 is 13.2 Å².